The summed E-state index contributed by atoms with van der Waals surface area (Å²) in [4.78, 5) is 13.0. The first-order valence-electron chi connectivity index (χ1n) is 6.99. The molecule has 2 heterocycles. The lowest BCUT2D eigenvalue weighted by Gasteiger charge is -2.06. The van der Waals surface area contributed by atoms with E-state index in [4.69, 9.17) is 4.74 Å². The van der Waals surface area contributed by atoms with E-state index in [0.717, 1.165) is 16.2 Å². The van der Waals surface area contributed by atoms with Crippen molar-refractivity contribution in [2.75, 3.05) is 7.11 Å². The van der Waals surface area contributed by atoms with Gasteiger partial charge in [0.05, 0.1) is 18.6 Å². The van der Waals surface area contributed by atoms with Crippen LogP contribution < -0.4 is 10.1 Å². The minimum atomic E-state index is -0.181. The molecule has 1 aromatic carbocycles. The molecule has 0 unspecified atom stereocenters. The lowest BCUT2D eigenvalue weighted by molar-refractivity contribution is -0.118. The van der Waals surface area contributed by atoms with Crippen LogP contribution in [0.3, 0.4) is 0 Å². The van der Waals surface area contributed by atoms with E-state index in [1.54, 1.807) is 24.7 Å². The SMILES string of the molecule is COc1ccc(C[C@@H]2S/C(=N/N=C\c3cccs3)NC2=O)cc1. The fourth-order valence-corrected chi connectivity index (χ4v) is 3.61. The molecule has 0 radical (unpaired) electrons. The van der Waals surface area contributed by atoms with Gasteiger partial charge in [0.2, 0.25) is 5.91 Å². The molecule has 2 aromatic rings. The van der Waals surface area contributed by atoms with Crippen LogP contribution in [0, 0.1) is 0 Å². The smallest absolute Gasteiger partial charge is 0.239 e. The second kappa shape index (κ2) is 7.43. The standard InChI is InChI=1S/C16H15N3O2S2/c1-21-12-6-4-11(5-7-12)9-14-15(20)18-16(23-14)19-17-10-13-3-2-8-22-13/h2-8,10,14H,9H2,1H3,(H,18,19,20)/b17-10-/t14-/m0/s1. The lowest BCUT2D eigenvalue weighted by atomic mass is 10.1. The molecule has 7 heteroatoms. The first-order valence-corrected chi connectivity index (χ1v) is 8.75. The Bertz CT molecular complexity index is 724. The van der Waals surface area contributed by atoms with E-state index < -0.39 is 0 Å². The van der Waals surface area contributed by atoms with Crippen LogP contribution in [0.5, 0.6) is 5.75 Å². The van der Waals surface area contributed by atoms with Crippen molar-refractivity contribution >= 4 is 40.4 Å². The van der Waals surface area contributed by atoms with Gasteiger partial charge in [0.15, 0.2) is 5.17 Å². The third-order valence-corrected chi connectivity index (χ3v) is 5.11. The predicted molar refractivity (Wildman–Crippen MR) is 95.6 cm³/mol. The molecule has 1 amide bonds. The van der Waals surface area contributed by atoms with Gasteiger partial charge in [0.25, 0.3) is 0 Å². The van der Waals surface area contributed by atoms with Crippen molar-refractivity contribution in [3.8, 4) is 5.75 Å². The monoisotopic (exact) mass is 345 g/mol. The van der Waals surface area contributed by atoms with Gasteiger partial charge in [-0.25, -0.2) is 0 Å². The summed E-state index contributed by atoms with van der Waals surface area (Å²) in [6.07, 6.45) is 2.33. The summed E-state index contributed by atoms with van der Waals surface area (Å²) in [5.74, 6) is 0.776. The number of thiophene rings is 1. The number of nitrogens with one attached hydrogen (secondary N) is 1. The summed E-state index contributed by atoms with van der Waals surface area (Å²) in [5.41, 5.74) is 1.08. The van der Waals surface area contributed by atoms with E-state index in [1.165, 1.54) is 11.8 Å². The van der Waals surface area contributed by atoms with E-state index in [0.29, 0.717) is 11.6 Å². The third-order valence-electron chi connectivity index (χ3n) is 3.23. The number of carbonyl (C=O) groups is 1. The largest absolute Gasteiger partial charge is 0.497 e. The number of nitrogens with zero attached hydrogens (tertiary/aromatic N) is 2. The minimum Gasteiger partial charge on any atom is -0.497 e. The Kier molecular flexibility index (Phi) is 5.09. The zero-order valence-electron chi connectivity index (χ0n) is 12.4. The van der Waals surface area contributed by atoms with Crippen molar-refractivity contribution in [2.45, 2.75) is 11.7 Å². The number of thioether (sulfide) groups is 1. The first-order chi connectivity index (χ1) is 11.2. The molecule has 1 aromatic heterocycles. The number of methoxy groups -OCH3 is 1. The molecule has 0 spiro atoms. The molecule has 0 aliphatic carbocycles. The maximum atomic E-state index is 12.0. The average molecular weight is 345 g/mol. The van der Waals surface area contributed by atoms with Gasteiger partial charge < -0.3 is 10.1 Å². The molecule has 5 nitrogen and oxygen atoms in total. The quantitative estimate of drug-likeness (QED) is 0.669. The molecule has 23 heavy (non-hydrogen) atoms. The topological polar surface area (TPSA) is 63.1 Å². The van der Waals surface area contributed by atoms with Crippen molar-refractivity contribution in [1.29, 1.82) is 0 Å². The number of carbonyl (C=O) groups excluding carboxylic acids is 1. The normalized spacial score (nSPS) is 19.4. The van der Waals surface area contributed by atoms with Gasteiger partial charge in [0, 0.05) is 4.88 Å². The van der Waals surface area contributed by atoms with Gasteiger partial charge in [-0.15, -0.1) is 16.4 Å². The van der Waals surface area contributed by atoms with E-state index in [2.05, 4.69) is 15.5 Å². The molecule has 1 aliphatic heterocycles. The van der Waals surface area contributed by atoms with Crippen LogP contribution >= 0.6 is 23.1 Å². The van der Waals surface area contributed by atoms with Gasteiger partial charge in [-0.05, 0) is 35.6 Å². The first kappa shape index (κ1) is 15.8. The molecule has 0 saturated carbocycles. The highest BCUT2D eigenvalue weighted by Gasteiger charge is 2.30. The van der Waals surface area contributed by atoms with Gasteiger partial charge >= 0.3 is 0 Å². The molecule has 1 aliphatic rings. The number of amidine groups is 1. The van der Waals surface area contributed by atoms with Crippen molar-refractivity contribution in [3.05, 3.63) is 52.2 Å². The summed E-state index contributed by atoms with van der Waals surface area (Å²) in [6.45, 7) is 0. The summed E-state index contributed by atoms with van der Waals surface area (Å²) >= 11 is 3.00. The third kappa shape index (κ3) is 4.20. The zero-order valence-corrected chi connectivity index (χ0v) is 14.1. The summed E-state index contributed by atoms with van der Waals surface area (Å²) in [7, 11) is 1.63. The van der Waals surface area contributed by atoms with Gasteiger partial charge in [-0.1, -0.05) is 30.0 Å². The second-order valence-electron chi connectivity index (χ2n) is 4.81. The van der Waals surface area contributed by atoms with Gasteiger partial charge in [-0.3, -0.25) is 4.79 Å². The lowest BCUT2D eigenvalue weighted by Crippen LogP contribution is -2.25. The average Bonchev–Trinajstić information content (AvgIpc) is 3.19. The molecule has 118 valence electrons. The van der Waals surface area contributed by atoms with E-state index in [-0.39, 0.29) is 11.2 Å². The summed E-state index contributed by atoms with van der Waals surface area (Å²) < 4.78 is 5.13. The van der Waals surface area contributed by atoms with Gasteiger partial charge in [-0.2, -0.15) is 5.10 Å². The number of amides is 1. The maximum Gasteiger partial charge on any atom is 0.239 e. The van der Waals surface area contributed by atoms with Crippen LogP contribution in [0.2, 0.25) is 0 Å². The molecular weight excluding hydrogens is 330 g/mol. The fraction of sp³-hybridized carbons (Fsp3) is 0.188. The van der Waals surface area contributed by atoms with Crippen LogP contribution in [0.4, 0.5) is 0 Å². The second-order valence-corrected chi connectivity index (χ2v) is 6.98. The van der Waals surface area contributed by atoms with Crippen molar-refractivity contribution in [3.63, 3.8) is 0 Å². The molecule has 0 bridgehead atoms. The Labute approximate surface area is 142 Å². The van der Waals surface area contributed by atoms with Gasteiger partial charge in [0.1, 0.15) is 5.75 Å². The van der Waals surface area contributed by atoms with Crippen LogP contribution in [0.1, 0.15) is 10.4 Å². The van der Waals surface area contributed by atoms with Crippen LogP contribution in [0.15, 0.2) is 52.0 Å². The molecule has 1 atom stereocenters. The minimum absolute atomic E-state index is 0.0316. The number of rotatable bonds is 5. The maximum absolute atomic E-state index is 12.0. The predicted octanol–water partition coefficient (Wildman–Crippen LogP) is 2.92. The molecule has 1 N–H and O–H groups in total. The highest BCUT2D eigenvalue weighted by Crippen LogP contribution is 2.24. The van der Waals surface area contributed by atoms with Crippen LogP contribution in [-0.2, 0) is 11.2 Å². The van der Waals surface area contributed by atoms with E-state index in [9.17, 15) is 4.79 Å². The van der Waals surface area contributed by atoms with Crippen LogP contribution in [0.25, 0.3) is 0 Å². The Balaban J connectivity index is 1.60. The summed E-state index contributed by atoms with van der Waals surface area (Å²) in [5, 5.41) is 13.2. The Morgan fingerprint density at radius 3 is 2.83 bits per heavy atom. The highest BCUT2D eigenvalue weighted by atomic mass is 32.2. The Hall–Kier alpha value is -2.12. The fourth-order valence-electron chi connectivity index (χ4n) is 2.07. The zero-order chi connectivity index (χ0) is 16.1. The highest BCUT2D eigenvalue weighted by molar-refractivity contribution is 8.15. The summed E-state index contributed by atoms with van der Waals surface area (Å²) in [6, 6.07) is 11.6. The van der Waals surface area contributed by atoms with Crippen LogP contribution in [-0.4, -0.2) is 29.6 Å². The Morgan fingerprint density at radius 2 is 2.13 bits per heavy atom. The van der Waals surface area contributed by atoms with Crippen molar-refractivity contribution < 1.29 is 9.53 Å². The molecule has 1 saturated heterocycles. The molecule has 1 fully saturated rings. The Morgan fingerprint density at radius 1 is 1.30 bits per heavy atom. The number of benzene rings is 1. The number of hydrogen-bond acceptors (Lipinski definition) is 6. The molecule has 3 rings (SSSR count). The van der Waals surface area contributed by atoms with E-state index in [1.807, 2.05) is 41.8 Å². The van der Waals surface area contributed by atoms with Crippen molar-refractivity contribution in [1.82, 2.24) is 5.32 Å². The molecular formula is C16H15N3O2S2. The number of hydrogen-bond donors (Lipinski definition) is 1. The number of ether oxygens (including phenoxy) is 1. The van der Waals surface area contributed by atoms with E-state index >= 15 is 0 Å². The van der Waals surface area contributed by atoms with Crippen molar-refractivity contribution in [2.24, 2.45) is 10.2 Å².